The number of benzene rings is 1. The summed E-state index contributed by atoms with van der Waals surface area (Å²) in [7, 11) is 1.36. The van der Waals surface area contributed by atoms with E-state index in [9.17, 15) is 9.18 Å². The van der Waals surface area contributed by atoms with Crippen LogP contribution in [0.2, 0.25) is 0 Å². The van der Waals surface area contributed by atoms with Crippen LogP contribution in [0.4, 0.5) is 4.39 Å². The Morgan fingerprint density at radius 1 is 1.47 bits per heavy atom. The van der Waals surface area contributed by atoms with Crippen molar-refractivity contribution in [2.45, 2.75) is 26.3 Å². The second kappa shape index (κ2) is 7.09. The molecule has 0 heterocycles. The minimum Gasteiger partial charge on any atom is -0.494 e. The smallest absolute Gasteiger partial charge is 0.251 e. The van der Waals surface area contributed by atoms with E-state index in [1.165, 1.54) is 25.3 Å². The lowest BCUT2D eigenvalue weighted by Crippen LogP contribution is -2.38. The van der Waals surface area contributed by atoms with Crippen LogP contribution in [0.3, 0.4) is 0 Å². The summed E-state index contributed by atoms with van der Waals surface area (Å²) in [4.78, 5) is 11.9. The van der Waals surface area contributed by atoms with Crippen LogP contribution in [-0.4, -0.2) is 25.6 Å². The number of halogens is 1. The molecule has 0 fully saturated rings. The van der Waals surface area contributed by atoms with Gasteiger partial charge in [-0.25, -0.2) is 4.39 Å². The Morgan fingerprint density at radius 2 is 2.16 bits per heavy atom. The third-order valence-electron chi connectivity index (χ3n) is 2.71. The molecular formula is C14H21FN2O2. The topological polar surface area (TPSA) is 64.3 Å². The first-order valence-corrected chi connectivity index (χ1v) is 6.31. The Kier molecular flexibility index (Phi) is 5.76. The van der Waals surface area contributed by atoms with Crippen molar-refractivity contribution in [2.24, 2.45) is 11.7 Å². The van der Waals surface area contributed by atoms with Gasteiger partial charge in [0.1, 0.15) is 0 Å². The van der Waals surface area contributed by atoms with Crippen LogP contribution >= 0.6 is 0 Å². The lowest BCUT2D eigenvalue weighted by molar-refractivity contribution is 0.0949. The number of amides is 1. The van der Waals surface area contributed by atoms with Crippen LogP contribution in [0.15, 0.2) is 18.2 Å². The molecule has 4 nitrogen and oxygen atoms in total. The molecule has 5 heteroatoms. The highest BCUT2D eigenvalue weighted by Crippen LogP contribution is 2.18. The summed E-state index contributed by atoms with van der Waals surface area (Å²) in [6.45, 7) is 4.55. The molecule has 0 aromatic heterocycles. The normalized spacial score (nSPS) is 12.3. The van der Waals surface area contributed by atoms with Crippen molar-refractivity contribution in [3.8, 4) is 5.75 Å². The highest BCUT2D eigenvalue weighted by atomic mass is 19.1. The van der Waals surface area contributed by atoms with E-state index in [2.05, 4.69) is 19.2 Å². The molecule has 0 aliphatic carbocycles. The van der Waals surface area contributed by atoms with Crippen molar-refractivity contribution < 1.29 is 13.9 Å². The van der Waals surface area contributed by atoms with E-state index in [-0.39, 0.29) is 17.7 Å². The third-order valence-corrected chi connectivity index (χ3v) is 2.71. The zero-order valence-electron chi connectivity index (χ0n) is 11.6. The van der Waals surface area contributed by atoms with Crippen LogP contribution in [0.5, 0.6) is 5.75 Å². The maximum absolute atomic E-state index is 13.2. The van der Waals surface area contributed by atoms with Crippen molar-refractivity contribution in [3.05, 3.63) is 29.6 Å². The highest BCUT2D eigenvalue weighted by molar-refractivity contribution is 5.94. The average Bonchev–Trinajstić information content (AvgIpc) is 2.35. The SMILES string of the molecule is COc1cc(C(=O)NCC(N)CC(C)C)ccc1F. The zero-order valence-corrected chi connectivity index (χ0v) is 11.6. The van der Waals surface area contributed by atoms with Gasteiger partial charge in [-0.2, -0.15) is 0 Å². The number of rotatable bonds is 6. The highest BCUT2D eigenvalue weighted by Gasteiger charge is 2.12. The molecule has 1 rings (SSSR count). The van der Waals surface area contributed by atoms with Gasteiger partial charge >= 0.3 is 0 Å². The molecule has 0 aliphatic rings. The van der Waals surface area contributed by atoms with Gasteiger partial charge in [0.2, 0.25) is 0 Å². The van der Waals surface area contributed by atoms with E-state index in [0.29, 0.717) is 18.0 Å². The van der Waals surface area contributed by atoms with E-state index in [1.807, 2.05) is 0 Å². The summed E-state index contributed by atoms with van der Waals surface area (Å²) in [6, 6.07) is 3.92. The molecule has 1 amide bonds. The minimum atomic E-state index is -0.490. The fourth-order valence-corrected chi connectivity index (χ4v) is 1.82. The zero-order chi connectivity index (χ0) is 14.4. The number of hydrogen-bond donors (Lipinski definition) is 2. The molecule has 0 aliphatic heterocycles. The van der Waals surface area contributed by atoms with Crippen molar-refractivity contribution in [1.82, 2.24) is 5.32 Å². The van der Waals surface area contributed by atoms with Crippen LogP contribution < -0.4 is 15.8 Å². The Hall–Kier alpha value is -1.62. The van der Waals surface area contributed by atoms with Crippen LogP contribution in [-0.2, 0) is 0 Å². The summed E-state index contributed by atoms with van der Waals surface area (Å²) in [5.74, 6) is -0.231. The lowest BCUT2D eigenvalue weighted by Gasteiger charge is -2.15. The number of carbonyl (C=O) groups excluding carboxylic acids is 1. The molecule has 1 aromatic carbocycles. The maximum Gasteiger partial charge on any atom is 0.251 e. The number of hydrogen-bond acceptors (Lipinski definition) is 3. The summed E-state index contributed by atoms with van der Waals surface area (Å²) in [6.07, 6.45) is 0.840. The van der Waals surface area contributed by atoms with E-state index in [4.69, 9.17) is 10.5 Å². The average molecular weight is 268 g/mol. The van der Waals surface area contributed by atoms with Gasteiger partial charge in [-0.05, 0) is 30.5 Å². The summed E-state index contributed by atoms with van der Waals surface area (Å²) < 4.78 is 18.0. The number of ether oxygens (including phenoxy) is 1. The monoisotopic (exact) mass is 268 g/mol. The molecule has 0 radical (unpaired) electrons. The summed E-state index contributed by atoms with van der Waals surface area (Å²) in [5, 5.41) is 2.73. The number of carbonyl (C=O) groups is 1. The van der Waals surface area contributed by atoms with Gasteiger partial charge in [0, 0.05) is 18.2 Å². The lowest BCUT2D eigenvalue weighted by atomic mass is 10.0. The Morgan fingerprint density at radius 3 is 2.74 bits per heavy atom. The number of nitrogens with two attached hydrogens (primary N) is 1. The van der Waals surface area contributed by atoms with Gasteiger partial charge in [-0.1, -0.05) is 13.8 Å². The second-order valence-corrected chi connectivity index (χ2v) is 4.95. The molecule has 0 saturated carbocycles. The molecule has 0 spiro atoms. The minimum absolute atomic E-state index is 0.0547. The van der Waals surface area contributed by atoms with Gasteiger partial charge in [0.15, 0.2) is 11.6 Å². The Labute approximate surface area is 113 Å². The van der Waals surface area contributed by atoms with Gasteiger partial charge < -0.3 is 15.8 Å². The molecule has 19 heavy (non-hydrogen) atoms. The van der Waals surface area contributed by atoms with Crippen LogP contribution in [0.1, 0.15) is 30.6 Å². The van der Waals surface area contributed by atoms with Crippen molar-refractivity contribution in [1.29, 1.82) is 0 Å². The molecule has 0 bridgehead atoms. The first-order valence-electron chi connectivity index (χ1n) is 6.31. The van der Waals surface area contributed by atoms with Crippen LogP contribution in [0, 0.1) is 11.7 Å². The largest absolute Gasteiger partial charge is 0.494 e. The predicted molar refractivity (Wildman–Crippen MR) is 72.7 cm³/mol. The second-order valence-electron chi connectivity index (χ2n) is 4.95. The van der Waals surface area contributed by atoms with E-state index < -0.39 is 5.82 Å². The van der Waals surface area contributed by atoms with Gasteiger partial charge in [-0.3, -0.25) is 4.79 Å². The fraction of sp³-hybridized carbons (Fsp3) is 0.500. The number of nitrogens with one attached hydrogen (secondary N) is 1. The molecule has 1 unspecified atom stereocenters. The van der Waals surface area contributed by atoms with Crippen molar-refractivity contribution in [2.75, 3.05) is 13.7 Å². The predicted octanol–water partition coefficient (Wildman–Crippen LogP) is 1.94. The first kappa shape index (κ1) is 15.4. The molecule has 3 N–H and O–H groups in total. The van der Waals surface area contributed by atoms with Gasteiger partial charge in [0.05, 0.1) is 7.11 Å². The van der Waals surface area contributed by atoms with E-state index in [1.54, 1.807) is 0 Å². The van der Waals surface area contributed by atoms with Crippen molar-refractivity contribution in [3.63, 3.8) is 0 Å². The summed E-state index contributed by atoms with van der Waals surface area (Å²) >= 11 is 0. The molecule has 0 saturated heterocycles. The van der Waals surface area contributed by atoms with E-state index >= 15 is 0 Å². The van der Waals surface area contributed by atoms with Crippen LogP contribution in [0.25, 0.3) is 0 Å². The Balaban J connectivity index is 2.58. The molecule has 1 atom stereocenters. The summed E-state index contributed by atoms with van der Waals surface area (Å²) in [5.41, 5.74) is 6.24. The van der Waals surface area contributed by atoms with Gasteiger partial charge in [-0.15, -0.1) is 0 Å². The fourth-order valence-electron chi connectivity index (χ4n) is 1.82. The first-order chi connectivity index (χ1) is 8.93. The molecule has 1 aromatic rings. The molecule has 106 valence electrons. The Bertz CT molecular complexity index is 435. The number of methoxy groups -OCH3 is 1. The van der Waals surface area contributed by atoms with E-state index in [0.717, 1.165) is 6.42 Å². The molecular weight excluding hydrogens is 247 g/mol. The third kappa shape index (κ3) is 4.87. The van der Waals surface area contributed by atoms with Crippen molar-refractivity contribution >= 4 is 5.91 Å². The quantitative estimate of drug-likeness (QED) is 0.828. The maximum atomic E-state index is 13.2. The van der Waals surface area contributed by atoms with Gasteiger partial charge in [0.25, 0.3) is 5.91 Å². The standard InChI is InChI=1S/C14H21FN2O2/c1-9(2)6-11(16)8-17-14(18)10-4-5-12(15)13(7-10)19-3/h4-5,7,9,11H,6,8,16H2,1-3H3,(H,17,18).